The van der Waals surface area contributed by atoms with Gasteiger partial charge in [-0.3, -0.25) is 0 Å². The number of nitrogens with zero attached hydrogens (tertiary/aromatic N) is 2. The highest BCUT2D eigenvalue weighted by molar-refractivity contribution is 5.93. The molecule has 2 heterocycles. The first-order valence-corrected chi connectivity index (χ1v) is 5.74. The fourth-order valence-corrected chi connectivity index (χ4v) is 2.23. The fraction of sp³-hybridized carbons (Fsp3) is 0.636. The molecule has 1 aromatic rings. The number of nitrogens with one attached hydrogen (secondary N) is 1. The molecule has 0 saturated carbocycles. The van der Waals surface area contributed by atoms with Crippen LogP contribution in [0.4, 0.5) is 5.82 Å². The summed E-state index contributed by atoms with van der Waals surface area (Å²) in [7, 11) is 0. The van der Waals surface area contributed by atoms with Gasteiger partial charge in [0.1, 0.15) is 11.4 Å². The van der Waals surface area contributed by atoms with E-state index in [1.807, 2.05) is 4.68 Å². The second-order valence-corrected chi connectivity index (χ2v) is 4.20. The summed E-state index contributed by atoms with van der Waals surface area (Å²) in [6.07, 6.45) is 4.43. The molecule has 0 saturated heterocycles. The third-order valence-corrected chi connectivity index (χ3v) is 3.23. The number of aromatic carboxylic acids is 1. The van der Waals surface area contributed by atoms with E-state index in [9.17, 15) is 4.79 Å². The van der Waals surface area contributed by atoms with Crippen molar-refractivity contribution in [2.45, 2.75) is 45.2 Å². The predicted octanol–water partition coefficient (Wildman–Crippen LogP) is 2.13. The molecule has 0 aliphatic carbocycles. The Morgan fingerprint density at radius 3 is 2.94 bits per heavy atom. The summed E-state index contributed by atoms with van der Waals surface area (Å²) < 4.78 is 1.82. The first-order valence-electron chi connectivity index (χ1n) is 5.74. The van der Waals surface area contributed by atoms with Crippen LogP contribution in [-0.2, 0) is 0 Å². The maximum atomic E-state index is 11.0. The molecule has 5 nitrogen and oxygen atoms in total. The molecule has 88 valence electrons. The minimum Gasteiger partial charge on any atom is -0.477 e. The van der Waals surface area contributed by atoms with Gasteiger partial charge in [0.25, 0.3) is 0 Å². The molecule has 5 heteroatoms. The molecule has 2 unspecified atom stereocenters. The van der Waals surface area contributed by atoms with Crippen LogP contribution < -0.4 is 5.32 Å². The summed E-state index contributed by atoms with van der Waals surface area (Å²) in [6.45, 7) is 4.21. The Hall–Kier alpha value is -1.52. The molecule has 0 radical (unpaired) electrons. The highest BCUT2D eigenvalue weighted by Crippen LogP contribution is 2.32. The molecule has 0 aromatic carbocycles. The van der Waals surface area contributed by atoms with Gasteiger partial charge in [-0.1, -0.05) is 13.8 Å². The van der Waals surface area contributed by atoms with Gasteiger partial charge in [0, 0.05) is 6.04 Å². The molecular formula is C11H17N3O2. The van der Waals surface area contributed by atoms with Crippen LogP contribution in [0.5, 0.6) is 0 Å². The average Bonchev–Trinajstić information content (AvgIpc) is 2.71. The van der Waals surface area contributed by atoms with Crippen LogP contribution in [-0.4, -0.2) is 26.9 Å². The van der Waals surface area contributed by atoms with Crippen molar-refractivity contribution >= 4 is 11.8 Å². The second kappa shape index (κ2) is 4.15. The van der Waals surface area contributed by atoms with Crippen molar-refractivity contribution in [2.24, 2.45) is 0 Å². The highest BCUT2D eigenvalue weighted by Gasteiger charge is 2.28. The molecule has 1 aliphatic heterocycles. The molecule has 0 fully saturated rings. The Morgan fingerprint density at radius 2 is 2.38 bits per heavy atom. The normalized spacial score (nSPS) is 23.6. The SMILES string of the molecule is CCC1CC(CC)n2ncc(C(=O)O)c2N1. The van der Waals surface area contributed by atoms with Crippen molar-refractivity contribution in [3.63, 3.8) is 0 Å². The number of carbonyl (C=O) groups is 1. The topological polar surface area (TPSA) is 67.2 Å². The van der Waals surface area contributed by atoms with Crippen LogP contribution in [0.1, 0.15) is 49.5 Å². The Morgan fingerprint density at radius 1 is 1.62 bits per heavy atom. The van der Waals surface area contributed by atoms with Gasteiger partial charge in [-0.2, -0.15) is 5.10 Å². The number of rotatable bonds is 3. The lowest BCUT2D eigenvalue weighted by atomic mass is 10.0. The number of hydrogen-bond acceptors (Lipinski definition) is 3. The Balaban J connectivity index is 2.40. The van der Waals surface area contributed by atoms with Gasteiger partial charge in [-0.15, -0.1) is 0 Å². The first kappa shape index (κ1) is 11.0. The summed E-state index contributed by atoms with van der Waals surface area (Å²) in [4.78, 5) is 11.0. The molecule has 2 rings (SSSR count). The predicted molar refractivity (Wildman–Crippen MR) is 60.8 cm³/mol. The lowest BCUT2D eigenvalue weighted by Gasteiger charge is -2.31. The van der Waals surface area contributed by atoms with E-state index in [0.717, 1.165) is 19.3 Å². The van der Waals surface area contributed by atoms with Crippen LogP contribution in [0.3, 0.4) is 0 Å². The van der Waals surface area contributed by atoms with Gasteiger partial charge in [-0.05, 0) is 19.3 Å². The standard InChI is InChI=1S/C11H17N3O2/c1-3-7-5-8(4-2)14-10(13-7)9(6-12-14)11(15)16/h6-8,13H,3-5H2,1-2H3,(H,15,16). The van der Waals surface area contributed by atoms with E-state index < -0.39 is 5.97 Å². The third-order valence-electron chi connectivity index (χ3n) is 3.23. The Bertz CT molecular complexity index is 400. The van der Waals surface area contributed by atoms with Gasteiger partial charge in [0.05, 0.1) is 12.2 Å². The second-order valence-electron chi connectivity index (χ2n) is 4.20. The highest BCUT2D eigenvalue weighted by atomic mass is 16.4. The molecule has 0 bridgehead atoms. The van der Waals surface area contributed by atoms with Crippen molar-refractivity contribution in [1.82, 2.24) is 9.78 Å². The number of fused-ring (bicyclic) bond motifs is 1. The number of anilines is 1. The van der Waals surface area contributed by atoms with Crippen LogP contribution in [0.2, 0.25) is 0 Å². The number of hydrogen-bond donors (Lipinski definition) is 2. The zero-order valence-electron chi connectivity index (χ0n) is 9.60. The lowest BCUT2D eigenvalue weighted by molar-refractivity contribution is 0.0697. The number of carboxylic acids is 1. The first-order chi connectivity index (χ1) is 7.67. The van der Waals surface area contributed by atoms with E-state index in [4.69, 9.17) is 5.11 Å². The minimum atomic E-state index is -0.916. The fourth-order valence-electron chi connectivity index (χ4n) is 2.23. The van der Waals surface area contributed by atoms with Gasteiger partial charge in [0.15, 0.2) is 0 Å². The average molecular weight is 223 g/mol. The van der Waals surface area contributed by atoms with Gasteiger partial charge < -0.3 is 10.4 Å². The molecular weight excluding hydrogens is 206 g/mol. The van der Waals surface area contributed by atoms with Crippen LogP contribution in [0.15, 0.2) is 6.20 Å². The van der Waals surface area contributed by atoms with Gasteiger partial charge in [-0.25, -0.2) is 9.48 Å². The molecule has 16 heavy (non-hydrogen) atoms. The quantitative estimate of drug-likeness (QED) is 0.823. The van der Waals surface area contributed by atoms with E-state index in [1.54, 1.807) is 0 Å². The molecule has 2 N–H and O–H groups in total. The van der Waals surface area contributed by atoms with E-state index in [0.29, 0.717) is 17.9 Å². The van der Waals surface area contributed by atoms with Crippen molar-refractivity contribution in [3.05, 3.63) is 11.8 Å². The van der Waals surface area contributed by atoms with E-state index in [1.165, 1.54) is 6.20 Å². The van der Waals surface area contributed by atoms with Crippen molar-refractivity contribution in [2.75, 3.05) is 5.32 Å². The van der Waals surface area contributed by atoms with Crippen LogP contribution >= 0.6 is 0 Å². The summed E-state index contributed by atoms with van der Waals surface area (Å²) in [5, 5.41) is 16.5. The van der Waals surface area contributed by atoms with Crippen LogP contribution in [0.25, 0.3) is 0 Å². The van der Waals surface area contributed by atoms with Crippen molar-refractivity contribution < 1.29 is 9.90 Å². The number of carboxylic acid groups (broad SMARTS) is 1. The smallest absolute Gasteiger partial charge is 0.341 e. The van der Waals surface area contributed by atoms with E-state index in [-0.39, 0.29) is 5.56 Å². The Labute approximate surface area is 94.5 Å². The van der Waals surface area contributed by atoms with Gasteiger partial charge in [0.2, 0.25) is 0 Å². The molecule has 1 aromatic heterocycles. The molecule has 0 spiro atoms. The molecule has 0 amide bonds. The minimum absolute atomic E-state index is 0.275. The molecule has 2 atom stereocenters. The zero-order valence-corrected chi connectivity index (χ0v) is 9.60. The summed E-state index contributed by atoms with van der Waals surface area (Å²) in [5.74, 6) is -0.252. The zero-order chi connectivity index (χ0) is 11.7. The van der Waals surface area contributed by atoms with Gasteiger partial charge >= 0.3 is 5.97 Å². The molecule has 1 aliphatic rings. The van der Waals surface area contributed by atoms with Crippen molar-refractivity contribution in [3.8, 4) is 0 Å². The lowest BCUT2D eigenvalue weighted by Crippen LogP contribution is -2.32. The maximum absolute atomic E-state index is 11.0. The summed E-state index contributed by atoms with van der Waals surface area (Å²) >= 11 is 0. The summed E-state index contributed by atoms with van der Waals surface area (Å²) in [6, 6.07) is 0.668. The largest absolute Gasteiger partial charge is 0.477 e. The van der Waals surface area contributed by atoms with Crippen LogP contribution in [0, 0.1) is 0 Å². The third kappa shape index (κ3) is 1.66. The van der Waals surface area contributed by atoms with E-state index in [2.05, 4.69) is 24.3 Å². The monoisotopic (exact) mass is 223 g/mol. The maximum Gasteiger partial charge on any atom is 0.341 e. The Kier molecular flexibility index (Phi) is 2.85. The number of aromatic nitrogens is 2. The van der Waals surface area contributed by atoms with E-state index >= 15 is 0 Å². The van der Waals surface area contributed by atoms with Crippen molar-refractivity contribution in [1.29, 1.82) is 0 Å². The summed E-state index contributed by atoms with van der Waals surface area (Å²) in [5.41, 5.74) is 0.275.